The van der Waals surface area contributed by atoms with Crippen LogP contribution < -0.4 is 25.7 Å². The van der Waals surface area contributed by atoms with E-state index in [1.54, 1.807) is 31.4 Å². The number of aliphatic hydroxyl groups is 3. The third-order valence-electron chi connectivity index (χ3n) is 12.2. The number of benzene rings is 4. The molecule has 0 bridgehead atoms. The fraction of sp³-hybridized carbons (Fsp3) is 0.375. The van der Waals surface area contributed by atoms with Crippen LogP contribution >= 0.6 is 0 Å². The van der Waals surface area contributed by atoms with E-state index in [-0.39, 0.29) is 43.8 Å². The standard InChI is InChI=1S/C48H55N3O11Si/c1-48(2,3)63(32-13-7-5-8-14-32,33-15-9-6-10-16-33)62-45-36(23-24-38(52)44(45)56)49-40(53)25-26-41(54)50-42-39(29-60-27-30-19-21-31(59-4)22-20-30)61-28-37(43(42)55)51-46(57)34-17-11-12-18-35(34)47(51)58/h5-22,25-26,36-39,42-45,52,55-56H,23-24,27-29H2,1-4H3,(H,49,53)(H,50,54)/t36-,37?,38-,39?,42+,43-,44+,45+/m1/s1. The summed E-state index contributed by atoms with van der Waals surface area (Å²) in [6.45, 7) is 6.16. The van der Waals surface area contributed by atoms with Gasteiger partial charge in [0.05, 0.1) is 74.5 Å². The number of nitrogens with zero attached hydrogens (tertiary/aromatic N) is 1. The lowest BCUT2D eigenvalue weighted by molar-refractivity contribution is -0.140. The van der Waals surface area contributed by atoms with E-state index in [1.165, 1.54) is 12.1 Å². The SMILES string of the molecule is COc1ccc(COCC2OCC(N3C(=O)c4ccccc4C3=O)[C@@H](O)[C@H]2NC(=O)C=CC(=O)N[C@@H]2CC[C@@H](O)[C@H](O)[C@H]2O[Si](c2ccccc2)(c2ccccc2)C(C)(C)C)cc1. The Morgan fingerprint density at radius 2 is 1.33 bits per heavy atom. The first kappa shape index (κ1) is 45.5. The van der Waals surface area contributed by atoms with E-state index >= 15 is 0 Å². The Hall–Kier alpha value is -5.52. The molecule has 63 heavy (non-hydrogen) atoms. The first-order valence-corrected chi connectivity index (χ1v) is 23.1. The van der Waals surface area contributed by atoms with E-state index in [2.05, 4.69) is 31.4 Å². The number of ether oxygens (including phenoxy) is 3. The zero-order valence-electron chi connectivity index (χ0n) is 35.8. The van der Waals surface area contributed by atoms with Crippen LogP contribution in [0, 0.1) is 0 Å². The molecule has 3 aliphatic rings. The lowest BCUT2D eigenvalue weighted by Crippen LogP contribution is -2.71. The Morgan fingerprint density at radius 3 is 1.89 bits per heavy atom. The van der Waals surface area contributed by atoms with Gasteiger partial charge in [0.25, 0.3) is 20.1 Å². The summed E-state index contributed by atoms with van der Waals surface area (Å²) in [5.41, 5.74) is 1.24. The maximum absolute atomic E-state index is 13.6. The molecule has 332 valence electrons. The number of fused-ring (bicyclic) bond motifs is 1. The van der Waals surface area contributed by atoms with Gasteiger partial charge in [0.1, 0.15) is 18.0 Å². The molecule has 15 heteroatoms. The summed E-state index contributed by atoms with van der Waals surface area (Å²) < 4.78 is 24.5. The number of imide groups is 1. The first-order valence-electron chi connectivity index (χ1n) is 21.1. The van der Waals surface area contributed by atoms with E-state index in [9.17, 15) is 34.5 Å². The molecule has 1 saturated heterocycles. The van der Waals surface area contributed by atoms with Crippen LogP contribution in [-0.4, -0.2) is 121 Å². The Bertz CT molecular complexity index is 2200. The van der Waals surface area contributed by atoms with Gasteiger partial charge in [0.2, 0.25) is 11.8 Å². The number of hydrogen-bond donors (Lipinski definition) is 5. The molecule has 1 saturated carbocycles. The Balaban J connectivity index is 1.08. The maximum atomic E-state index is 13.6. The Kier molecular flexibility index (Phi) is 14.1. The third-order valence-corrected chi connectivity index (χ3v) is 17.2. The predicted molar refractivity (Wildman–Crippen MR) is 236 cm³/mol. The van der Waals surface area contributed by atoms with Crippen molar-refractivity contribution in [1.82, 2.24) is 15.5 Å². The van der Waals surface area contributed by atoms with Crippen molar-refractivity contribution in [3.05, 3.63) is 138 Å². The smallest absolute Gasteiger partial charge is 0.261 e. The van der Waals surface area contributed by atoms with Crippen molar-refractivity contribution < 1.29 is 53.1 Å². The number of carbonyl (C=O) groups is 4. The number of carbonyl (C=O) groups excluding carboxylic acids is 4. The highest BCUT2D eigenvalue weighted by Gasteiger charge is 2.55. The summed E-state index contributed by atoms with van der Waals surface area (Å²) in [5, 5.41) is 41.4. The van der Waals surface area contributed by atoms with Crippen LogP contribution in [0.4, 0.5) is 0 Å². The largest absolute Gasteiger partial charge is 0.497 e. The maximum Gasteiger partial charge on any atom is 0.261 e. The quantitative estimate of drug-likeness (QED) is 0.0711. The van der Waals surface area contributed by atoms with Gasteiger partial charge in [0, 0.05) is 12.2 Å². The van der Waals surface area contributed by atoms with Gasteiger partial charge in [-0.1, -0.05) is 106 Å². The van der Waals surface area contributed by atoms with Crippen LogP contribution in [0.3, 0.4) is 0 Å². The molecular formula is C48H55N3O11Si. The molecular weight excluding hydrogens is 823 g/mol. The summed E-state index contributed by atoms with van der Waals surface area (Å²) in [7, 11) is -1.68. The molecule has 2 fully saturated rings. The number of nitrogens with one attached hydrogen (secondary N) is 2. The molecule has 4 amide bonds. The van der Waals surface area contributed by atoms with Crippen LogP contribution in [0.15, 0.2) is 121 Å². The second-order valence-corrected chi connectivity index (χ2v) is 21.4. The van der Waals surface area contributed by atoms with Crippen molar-refractivity contribution in [3.63, 3.8) is 0 Å². The second-order valence-electron chi connectivity index (χ2n) is 17.2. The van der Waals surface area contributed by atoms with Gasteiger partial charge in [0.15, 0.2) is 0 Å². The lowest BCUT2D eigenvalue weighted by atomic mass is 9.88. The van der Waals surface area contributed by atoms with Crippen molar-refractivity contribution in [1.29, 1.82) is 0 Å². The first-order chi connectivity index (χ1) is 30.2. The molecule has 4 aromatic rings. The highest BCUT2D eigenvalue weighted by molar-refractivity contribution is 6.99. The number of amides is 4. The summed E-state index contributed by atoms with van der Waals surface area (Å²) in [6, 6.07) is 30.2. The minimum absolute atomic E-state index is 0.0738. The normalized spacial score (nSPS) is 25.2. The highest BCUT2D eigenvalue weighted by Crippen LogP contribution is 2.40. The molecule has 2 unspecified atom stereocenters. The Morgan fingerprint density at radius 1 is 0.778 bits per heavy atom. The van der Waals surface area contributed by atoms with Crippen molar-refractivity contribution in [2.24, 2.45) is 0 Å². The average molecular weight is 878 g/mol. The van der Waals surface area contributed by atoms with E-state index in [4.69, 9.17) is 18.6 Å². The van der Waals surface area contributed by atoms with Gasteiger partial charge in [-0.2, -0.15) is 0 Å². The summed E-state index contributed by atoms with van der Waals surface area (Å²) in [5.74, 6) is -1.91. The van der Waals surface area contributed by atoms with Crippen LogP contribution in [0.2, 0.25) is 5.04 Å². The third kappa shape index (κ3) is 9.55. The zero-order chi connectivity index (χ0) is 44.9. The molecule has 14 nitrogen and oxygen atoms in total. The van der Waals surface area contributed by atoms with E-state index in [0.717, 1.165) is 33.0 Å². The van der Waals surface area contributed by atoms with Crippen LogP contribution in [-0.2, 0) is 30.1 Å². The van der Waals surface area contributed by atoms with Crippen molar-refractivity contribution in [2.45, 2.75) is 93.9 Å². The minimum atomic E-state index is -3.25. The summed E-state index contributed by atoms with van der Waals surface area (Å²) in [4.78, 5) is 55.1. The van der Waals surface area contributed by atoms with Gasteiger partial charge in [-0.25, -0.2) is 0 Å². The fourth-order valence-corrected chi connectivity index (χ4v) is 13.6. The van der Waals surface area contributed by atoms with E-state index < -0.39 is 85.6 Å². The van der Waals surface area contributed by atoms with Crippen LogP contribution in [0.1, 0.15) is 59.9 Å². The van der Waals surface area contributed by atoms with E-state index in [0.29, 0.717) is 5.75 Å². The van der Waals surface area contributed by atoms with Crippen molar-refractivity contribution in [3.8, 4) is 5.75 Å². The molecule has 0 radical (unpaired) electrons. The van der Waals surface area contributed by atoms with Gasteiger partial charge in [-0.15, -0.1) is 0 Å². The average Bonchev–Trinajstić information content (AvgIpc) is 3.54. The van der Waals surface area contributed by atoms with E-state index in [1.807, 2.05) is 72.8 Å². The van der Waals surface area contributed by atoms with Crippen molar-refractivity contribution >= 4 is 42.3 Å². The molecule has 4 aromatic carbocycles. The molecule has 8 atom stereocenters. The number of aliphatic hydroxyl groups excluding tert-OH is 3. The molecule has 0 aromatic heterocycles. The van der Waals surface area contributed by atoms with Crippen LogP contribution in [0.5, 0.6) is 5.75 Å². The number of methoxy groups -OCH3 is 1. The van der Waals surface area contributed by atoms with Gasteiger partial charge in [-0.05, 0) is 58.1 Å². The van der Waals surface area contributed by atoms with Gasteiger partial charge >= 0.3 is 0 Å². The molecule has 7 rings (SSSR count). The zero-order valence-corrected chi connectivity index (χ0v) is 36.8. The summed E-state index contributed by atoms with van der Waals surface area (Å²) in [6.07, 6.45) is -3.29. The minimum Gasteiger partial charge on any atom is -0.497 e. The monoisotopic (exact) mass is 877 g/mol. The van der Waals surface area contributed by atoms with Crippen molar-refractivity contribution in [2.75, 3.05) is 20.3 Å². The molecule has 0 spiro atoms. The number of hydrogen-bond acceptors (Lipinski definition) is 11. The predicted octanol–water partition coefficient (Wildman–Crippen LogP) is 2.62. The lowest BCUT2D eigenvalue weighted by Gasteiger charge is -2.49. The fourth-order valence-electron chi connectivity index (χ4n) is 8.90. The van der Waals surface area contributed by atoms with Gasteiger partial charge in [-0.3, -0.25) is 24.1 Å². The highest BCUT2D eigenvalue weighted by atomic mass is 28.4. The van der Waals surface area contributed by atoms with Crippen LogP contribution in [0.25, 0.3) is 0 Å². The summed E-state index contributed by atoms with van der Waals surface area (Å²) >= 11 is 0. The van der Waals surface area contributed by atoms with Gasteiger partial charge < -0.3 is 44.6 Å². The molecule has 2 aliphatic heterocycles. The Labute approximate surface area is 368 Å². The number of rotatable bonds is 14. The second kappa shape index (κ2) is 19.5. The molecule has 1 aliphatic carbocycles. The topological polar surface area (TPSA) is 193 Å². The molecule has 5 N–H and O–H groups in total. The molecule has 2 heterocycles.